The van der Waals surface area contributed by atoms with Gasteiger partial charge in [0.25, 0.3) is 5.91 Å². The van der Waals surface area contributed by atoms with Gasteiger partial charge in [-0.3, -0.25) is 14.7 Å². The zero-order valence-electron chi connectivity index (χ0n) is 14.0. The molecule has 2 aromatic heterocycles. The van der Waals surface area contributed by atoms with Crippen molar-refractivity contribution in [1.29, 1.82) is 0 Å². The monoisotopic (exact) mass is 342 g/mol. The number of H-pyrrole nitrogens is 1. The van der Waals surface area contributed by atoms with Crippen molar-refractivity contribution in [3.8, 4) is 0 Å². The fourth-order valence-corrected chi connectivity index (χ4v) is 3.33. The van der Waals surface area contributed by atoms with Crippen LogP contribution in [0.15, 0.2) is 28.9 Å². The lowest BCUT2D eigenvalue weighted by molar-refractivity contribution is -0.133. The van der Waals surface area contributed by atoms with Crippen molar-refractivity contribution in [3.63, 3.8) is 0 Å². The zero-order valence-corrected chi connectivity index (χ0v) is 14.0. The molecule has 0 atom stereocenters. The lowest BCUT2D eigenvalue weighted by Crippen LogP contribution is -2.38. The van der Waals surface area contributed by atoms with Gasteiger partial charge in [0, 0.05) is 30.6 Å². The Balaban J connectivity index is 1.30. The standard InChI is InChI=1S/C18H22N4O3/c23-17(19-11-14-2-1-9-25-14)16-10-15(20-21-16)12-5-7-22(8-6-12)18(24)13-3-4-13/h1-2,9-10,12-13H,3-8,11H2,(H,19,23)(H,20,21). The van der Waals surface area contributed by atoms with Crippen molar-refractivity contribution in [2.45, 2.75) is 38.1 Å². The third-order valence-electron chi connectivity index (χ3n) is 5.01. The summed E-state index contributed by atoms with van der Waals surface area (Å²) in [6.07, 6.45) is 5.50. The maximum absolute atomic E-state index is 12.2. The first-order chi connectivity index (χ1) is 12.2. The van der Waals surface area contributed by atoms with Crippen molar-refractivity contribution in [2.75, 3.05) is 13.1 Å². The Kier molecular flexibility index (Phi) is 4.29. The zero-order chi connectivity index (χ0) is 17.2. The molecule has 0 unspecified atom stereocenters. The van der Waals surface area contributed by atoms with E-state index in [4.69, 9.17) is 4.42 Å². The quantitative estimate of drug-likeness (QED) is 0.870. The number of aromatic amines is 1. The Bertz CT molecular complexity index is 740. The number of piperidine rings is 1. The van der Waals surface area contributed by atoms with Gasteiger partial charge in [-0.25, -0.2) is 0 Å². The minimum absolute atomic E-state index is 0.222. The molecule has 1 aliphatic heterocycles. The van der Waals surface area contributed by atoms with Crippen LogP contribution in [0.3, 0.4) is 0 Å². The third kappa shape index (κ3) is 3.60. The Labute approximate surface area is 145 Å². The summed E-state index contributed by atoms with van der Waals surface area (Å²) in [6.45, 7) is 1.92. The number of carbonyl (C=O) groups excluding carboxylic acids is 2. The number of hydrogen-bond acceptors (Lipinski definition) is 4. The van der Waals surface area contributed by atoms with Gasteiger partial charge < -0.3 is 14.6 Å². The molecule has 7 nitrogen and oxygen atoms in total. The van der Waals surface area contributed by atoms with Crippen LogP contribution in [0.4, 0.5) is 0 Å². The summed E-state index contributed by atoms with van der Waals surface area (Å²) >= 11 is 0. The van der Waals surface area contributed by atoms with Crippen LogP contribution in [0.2, 0.25) is 0 Å². The molecule has 3 heterocycles. The van der Waals surface area contributed by atoms with Crippen LogP contribution in [0.5, 0.6) is 0 Å². The Morgan fingerprint density at radius 3 is 2.76 bits per heavy atom. The van der Waals surface area contributed by atoms with Crippen LogP contribution in [-0.4, -0.2) is 40.0 Å². The van der Waals surface area contributed by atoms with Crippen LogP contribution < -0.4 is 5.32 Å². The number of aromatic nitrogens is 2. The molecule has 7 heteroatoms. The summed E-state index contributed by atoms with van der Waals surface area (Å²) in [5.74, 6) is 1.41. The summed E-state index contributed by atoms with van der Waals surface area (Å²) in [6, 6.07) is 5.42. The van der Waals surface area contributed by atoms with Crippen molar-refractivity contribution in [2.24, 2.45) is 5.92 Å². The summed E-state index contributed by atoms with van der Waals surface area (Å²) in [4.78, 5) is 26.3. The van der Waals surface area contributed by atoms with Crippen LogP contribution in [-0.2, 0) is 11.3 Å². The highest BCUT2D eigenvalue weighted by Gasteiger charge is 2.35. The molecular weight excluding hydrogens is 320 g/mol. The predicted molar refractivity (Wildman–Crippen MR) is 89.7 cm³/mol. The summed E-state index contributed by atoms with van der Waals surface area (Å²) < 4.78 is 5.20. The lowest BCUT2D eigenvalue weighted by Gasteiger charge is -2.31. The molecule has 1 saturated carbocycles. The molecule has 1 saturated heterocycles. The molecule has 132 valence electrons. The van der Waals surface area contributed by atoms with Crippen molar-refractivity contribution in [1.82, 2.24) is 20.4 Å². The SMILES string of the molecule is O=C(NCc1ccco1)c1cc(C2CCN(C(=O)C3CC3)CC2)[nH]n1. The number of likely N-dealkylation sites (tertiary alicyclic amines) is 1. The molecule has 4 rings (SSSR count). The van der Waals surface area contributed by atoms with E-state index in [0.29, 0.717) is 29.8 Å². The predicted octanol–water partition coefficient (Wildman–Crippen LogP) is 2.05. The number of hydrogen-bond donors (Lipinski definition) is 2. The molecule has 2 amide bonds. The minimum atomic E-state index is -0.222. The van der Waals surface area contributed by atoms with E-state index in [9.17, 15) is 9.59 Å². The molecule has 0 spiro atoms. The van der Waals surface area contributed by atoms with Gasteiger partial charge in [-0.1, -0.05) is 0 Å². The first kappa shape index (κ1) is 15.9. The summed E-state index contributed by atoms with van der Waals surface area (Å²) in [7, 11) is 0. The normalized spacial score (nSPS) is 18.3. The Morgan fingerprint density at radius 1 is 1.28 bits per heavy atom. The van der Waals surface area contributed by atoms with Gasteiger partial charge in [-0.05, 0) is 43.9 Å². The largest absolute Gasteiger partial charge is 0.467 e. The second kappa shape index (κ2) is 6.74. The van der Waals surface area contributed by atoms with E-state index < -0.39 is 0 Å². The molecule has 0 bridgehead atoms. The molecule has 2 N–H and O–H groups in total. The molecule has 2 fully saturated rings. The smallest absolute Gasteiger partial charge is 0.272 e. The Morgan fingerprint density at radius 2 is 2.08 bits per heavy atom. The van der Waals surface area contributed by atoms with Gasteiger partial charge in [-0.15, -0.1) is 0 Å². The highest BCUT2D eigenvalue weighted by molar-refractivity contribution is 5.92. The lowest BCUT2D eigenvalue weighted by atomic mass is 9.93. The van der Waals surface area contributed by atoms with Gasteiger partial charge in [0.1, 0.15) is 11.5 Å². The van der Waals surface area contributed by atoms with E-state index >= 15 is 0 Å². The number of rotatable bonds is 5. The van der Waals surface area contributed by atoms with E-state index in [0.717, 1.165) is 44.5 Å². The van der Waals surface area contributed by atoms with Crippen LogP contribution in [0.25, 0.3) is 0 Å². The van der Waals surface area contributed by atoms with Gasteiger partial charge in [0.05, 0.1) is 12.8 Å². The fraction of sp³-hybridized carbons (Fsp3) is 0.500. The number of carbonyl (C=O) groups is 2. The highest BCUT2D eigenvalue weighted by atomic mass is 16.3. The van der Waals surface area contributed by atoms with E-state index in [1.54, 1.807) is 12.3 Å². The minimum Gasteiger partial charge on any atom is -0.467 e. The van der Waals surface area contributed by atoms with Gasteiger partial charge in [-0.2, -0.15) is 5.10 Å². The van der Waals surface area contributed by atoms with Crippen LogP contribution in [0, 0.1) is 5.92 Å². The highest BCUT2D eigenvalue weighted by Crippen LogP contribution is 2.34. The third-order valence-corrected chi connectivity index (χ3v) is 5.01. The number of furan rings is 1. The maximum atomic E-state index is 12.2. The summed E-state index contributed by atoms with van der Waals surface area (Å²) in [5.41, 5.74) is 1.36. The fourth-order valence-electron chi connectivity index (χ4n) is 3.33. The van der Waals surface area contributed by atoms with E-state index in [1.165, 1.54) is 0 Å². The van der Waals surface area contributed by atoms with Crippen molar-refractivity contribution in [3.05, 3.63) is 41.6 Å². The second-order valence-electron chi connectivity index (χ2n) is 6.84. The van der Waals surface area contributed by atoms with Gasteiger partial charge in [0.15, 0.2) is 0 Å². The van der Waals surface area contributed by atoms with Crippen molar-refractivity contribution < 1.29 is 14.0 Å². The number of nitrogens with one attached hydrogen (secondary N) is 2. The van der Waals surface area contributed by atoms with Crippen LogP contribution >= 0.6 is 0 Å². The number of nitrogens with zero attached hydrogens (tertiary/aromatic N) is 2. The molecule has 25 heavy (non-hydrogen) atoms. The van der Waals surface area contributed by atoms with Crippen LogP contribution in [0.1, 0.15) is 53.5 Å². The Hall–Kier alpha value is -2.57. The maximum Gasteiger partial charge on any atom is 0.272 e. The first-order valence-corrected chi connectivity index (χ1v) is 8.85. The second-order valence-corrected chi connectivity index (χ2v) is 6.84. The van der Waals surface area contributed by atoms with Gasteiger partial charge in [0.2, 0.25) is 5.91 Å². The van der Waals surface area contributed by atoms with E-state index in [2.05, 4.69) is 15.5 Å². The van der Waals surface area contributed by atoms with Gasteiger partial charge >= 0.3 is 0 Å². The van der Waals surface area contributed by atoms with E-state index in [1.807, 2.05) is 17.0 Å². The van der Waals surface area contributed by atoms with Crippen molar-refractivity contribution >= 4 is 11.8 Å². The first-order valence-electron chi connectivity index (χ1n) is 8.85. The topological polar surface area (TPSA) is 91.2 Å². The molecular formula is C18H22N4O3. The molecule has 0 radical (unpaired) electrons. The molecule has 2 aliphatic rings. The number of amides is 2. The molecule has 1 aliphatic carbocycles. The molecule has 2 aromatic rings. The van der Waals surface area contributed by atoms with E-state index in [-0.39, 0.29) is 11.8 Å². The average Bonchev–Trinajstić information content (AvgIpc) is 3.15. The average molecular weight is 342 g/mol. The summed E-state index contributed by atoms with van der Waals surface area (Å²) in [5, 5.41) is 9.92. The molecule has 0 aromatic carbocycles.